The van der Waals surface area contributed by atoms with Crippen LogP contribution in [0.2, 0.25) is 0 Å². The molecule has 6 nitrogen and oxygen atoms in total. The van der Waals surface area contributed by atoms with Gasteiger partial charge in [0.05, 0.1) is 17.3 Å². The lowest BCUT2D eigenvalue weighted by molar-refractivity contribution is 0.102. The molecule has 0 N–H and O–H groups in total. The zero-order chi connectivity index (χ0) is 19.7. The minimum Gasteiger partial charge on any atom is -0.309 e. The first-order valence-corrected chi connectivity index (χ1v) is 12.6. The third-order valence-electron chi connectivity index (χ3n) is 5.73. The van der Waals surface area contributed by atoms with Crippen LogP contribution in [0, 0.1) is 5.92 Å². The second-order valence-electron chi connectivity index (χ2n) is 7.83. The zero-order valence-electron chi connectivity index (χ0n) is 16.1. The fourth-order valence-corrected chi connectivity index (χ4v) is 6.75. The summed E-state index contributed by atoms with van der Waals surface area (Å²) in [6.07, 6.45) is 5.91. The summed E-state index contributed by atoms with van der Waals surface area (Å²) in [6, 6.07) is 6.10. The van der Waals surface area contributed by atoms with E-state index in [9.17, 15) is 13.2 Å². The molecule has 0 saturated carbocycles. The first kappa shape index (κ1) is 19.6. The van der Waals surface area contributed by atoms with Crippen molar-refractivity contribution in [2.75, 3.05) is 17.3 Å². The molecule has 0 spiro atoms. The Morgan fingerprint density at radius 3 is 2.75 bits per heavy atom. The van der Waals surface area contributed by atoms with Gasteiger partial charge in [0, 0.05) is 19.0 Å². The molecule has 2 heterocycles. The molecule has 0 bridgehead atoms. The summed E-state index contributed by atoms with van der Waals surface area (Å²) in [6.45, 7) is 0. The highest BCUT2D eigenvalue weighted by molar-refractivity contribution is 7.99. The molecule has 0 radical (unpaired) electrons. The summed E-state index contributed by atoms with van der Waals surface area (Å²) in [4.78, 5) is 12.6. The first-order valence-electron chi connectivity index (χ1n) is 9.78. The Labute approximate surface area is 170 Å². The summed E-state index contributed by atoms with van der Waals surface area (Å²) in [5.74, 6) is 1.83. The number of aryl methyl sites for hydroxylation is 2. The van der Waals surface area contributed by atoms with Crippen LogP contribution in [-0.2, 0) is 36.1 Å². The van der Waals surface area contributed by atoms with Crippen molar-refractivity contribution in [2.45, 2.75) is 43.7 Å². The number of thioether (sulfide) groups is 1. The summed E-state index contributed by atoms with van der Waals surface area (Å²) in [7, 11) is -1.01. The minimum absolute atomic E-state index is 0.102. The number of hydrogen-bond acceptors (Lipinski definition) is 6. The zero-order valence-corrected chi connectivity index (χ0v) is 17.7. The van der Waals surface area contributed by atoms with Crippen LogP contribution in [0.15, 0.2) is 23.4 Å². The third-order valence-corrected chi connectivity index (χ3v) is 8.58. The fraction of sp³-hybridized carbons (Fsp3) is 0.550. The normalized spacial score (nSPS) is 20.8. The van der Waals surface area contributed by atoms with E-state index in [2.05, 4.69) is 22.3 Å². The number of carbonyl (C=O) groups excluding carboxylic acids is 1. The lowest BCUT2D eigenvalue weighted by Gasteiger charge is -2.16. The lowest BCUT2D eigenvalue weighted by Crippen LogP contribution is -2.11. The Bertz CT molecular complexity index is 998. The molecular formula is C20H25N3O3S2. The molecule has 2 aromatic rings. The Balaban J connectivity index is 1.37. The molecule has 0 unspecified atom stereocenters. The Morgan fingerprint density at radius 2 is 2.00 bits per heavy atom. The number of nitrogens with zero attached hydrogens (tertiary/aromatic N) is 3. The number of sulfone groups is 1. The van der Waals surface area contributed by atoms with Gasteiger partial charge in [-0.25, -0.2) is 8.42 Å². The smallest absolute Gasteiger partial charge is 0.191 e. The molecule has 1 aromatic carbocycles. The SMILES string of the molecule is Cn1c(C[C@@H]2CCS(=O)(=O)C2)nnc1SCC(=O)c1ccc2c(c1)CCCC2. The Morgan fingerprint density at radius 1 is 1.21 bits per heavy atom. The highest BCUT2D eigenvalue weighted by atomic mass is 32.2. The van der Waals surface area contributed by atoms with Crippen LogP contribution in [0.1, 0.15) is 46.6 Å². The van der Waals surface area contributed by atoms with Crippen molar-refractivity contribution >= 4 is 27.4 Å². The number of rotatable bonds is 6. The van der Waals surface area contributed by atoms with Gasteiger partial charge in [-0.1, -0.05) is 23.9 Å². The van der Waals surface area contributed by atoms with E-state index in [1.165, 1.54) is 35.7 Å². The van der Waals surface area contributed by atoms with Crippen molar-refractivity contribution in [1.82, 2.24) is 14.8 Å². The largest absolute Gasteiger partial charge is 0.309 e. The molecule has 1 aliphatic carbocycles. The number of fused-ring (bicyclic) bond motifs is 1. The maximum absolute atomic E-state index is 12.6. The van der Waals surface area contributed by atoms with E-state index in [0.29, 0.717) is 23.8 Å². The van der Waals surface area contributed by atoms with Gasteiger partial charge < -0.3 is 4.57 Å². The molecule has 4 rings (SSSR count). The maximum Gasteiger partial charge on any atom is 0.191 e. The van der Waals surface area contributed by atoms with Gasteiger partial charge in [0.1, 0.15) is 5.82 Å². The monoisotopic (exact) mass is 419 g/mol. The topological polar surface area (TPSA) is 81.9 Å². The molecule has 1 aromatic heterocycles. The Kier molecular flexibility index (Phi) is 5.60. The van der Waals surface area contributed by atoms with E-state index >= 15 is 0 Å². The minimum atomic E-state index is -2.89. The second kappa shape index (κ2) is 7.99. The van der Waals surface area contributed by atoms with Crippen molar-refractivity contribution in [2.24, 2.45) is 13.0 Å². The van der Waals surface area contributed by atoms with Crippen LogP contribution in [0.4, 0.5) is 0 Å². The summed E-state index contributed by atoms with van der Waals surface area (Å²) < 4.78 is 25.2. The lowest BCUT2D eigenvalue weighted by atomic mass is 9.90. The summed E-state index contributed by atoms with van der Waals surface area (Å²) in [5, 5.41) is 9.12. The van der Waals surface area contributed by atoms with Crippen molar-refractivity contribution in [1.29, 1.82) is 0 Å². The van der Waals surface area contributed by atoms with E-state index in [4.69, 9.17) is 0 Å². The second-order valence-corrected chi connectivity index (χ2v) is 11.0. The van der Waals surface area contributed by atoms with Gasteiger partial charge in [-0.2, -0.15) is 0 Å². The third kappa shape index (κ3) is 4.33. The van der Waals surface area contributed by atoms with Gasteiger partial charge in [-0.15, -0.1) is 10.2 Å². The molecule has 1 atom stereocenters. The van der Waals surface area contributed by atoms with E-state index in [1.807, 2.05) is 17.7 Å². The summed E-state index contributed by atoms with van der Waals surface area (Å²) in [5.41, 5.74) is 3.46. The van der Waals surface area contributed by atoms with E-state index < -0.39 is 9.84 Å². The van der Waals surface area contributed by atoms with Crippen molar-refractivity contribution in [3.63, 3.8) is 0 Å². The number of benzene rings is 1. The van der Waals surface area contributed by atoms with Gasteiger partial charge in [-0.3, -0.25) is 4.79 Å². The molecule has 28 heavy (non-hydrogen) atoms. The molecule has 150 valence electrons. The van der Waals surface area contributed by atoms with Crippen LogP contribution in [0.3, 0.4) is 0 Å². The number of hydrogen-bond donors (Lipinski definition) is 0. The van der Waals surface area contributed by atoms with Crippen LogP contribution < -0.4 is 0 Å². The molecule has 2 aliphatic rings. The summed E-state index contributed by atoms with van der Waals surface area (Å²) >= 11 is 1.39. The van der Waals surface area contributed by atoms with E-state index in [1.54, 1.807) is 0 Å². The van der Waals surface area contributed by atoms with Crippen molar-refractivity contribution < 1.29 is 13.2 Å². The fourth-order valence-electron chi connectivity index (χ4n) is 4.06. The number of Topliss-reactive ketones (excluding diaryl/α,β-unsaturated/α-hetero) is 1. The van der Waals surface area contributed by atoms with Crippen molar-refractivity contribution in [3.8, 4) is 0 Å². The maximum atomic E-state index is 12.6. The highest BCUT2D eigenvalue weighted by Gasteiger charge is 2.29. The van der Waals surface area contributed by atoms with Gasteiger partial charge >= 0.3 is 0 Å². The Hall–Kier alpha value is -1.67. The van der Waals surface area contributed by atoms with Crippen LogP contribution in [0.5, 0.6) is 0 Å². The van der Waals surface area contributed by atoms with Crippen LogP contribution in [-0.4, -0.2) is 46.2 Å². The number of ketones is 1. The van der Waals surface area contributed by atoms with E-state index in [0.717, 1.165) is 24.2 Å². The van der Waals surface area contributed by atoms with Gasteiger partial charge in [0.15, 0.2) is 20.8 Å². The van der Waals surface area contributed by atoms with E-state index in [-0.39, 0.29) is 23.2 Å². The van der Waals surface area contributed by atoms with Crippen LogP contribution >= 0.6 is 11.8 Å². The van der Waals surface area contributed by atoms with Gasteiger partial charge in [0.25, 0.3) is 0 Å². The quantitative estimate of drug-likeness (QED) is 0.529. The molecular weight excluding hydrogens is 394 g/mol. The first-order chi connectivity index (χ1) is 13.4. The predicted molar refractivity (Wildman–Crippen MR) is 110 cm³/mol. The van der Waals surface area contributed by atoms with Gasteiger partial charge in [0.2, 0.25) is 0 Å². The average molecular weight is 420 g/mol. The standard InChI is InChI=1S/C20H25N3O3S2/c1-23-19(10-14-8-9-28(25,26)13-14)21-22-20(23)27-12-18(24)17-7-6-15-4-2-3-5-16(15)11-17/h6-7,11,14H,2-5,8-10,12-13H2,1H3/t14-/m0/s1. The number of carbonyl (C=O) groups is 1. The molecule has 1 saturated heterocycles. The molecule has 1 aliphatic heterocycles. The highest BCUT2D eigenvalue weighted by Crippen LogP contribution is 2.25. The van der Waals surface area contributed by atoms with Crippen LogP contribution in [0.25, 0.3) is 0 Å². The average Bonchev–Trinajstić information content (AvgIpc) is 3.21. The molecule has 8 heteroatoms. The number of aromatic nitrogens is 3. The molecule has 1 fully saturated rings. The predicted octanol–water partition coefficient (Wildman–Crippen LogP) is 2.65. The van der Waals surface area contributed by atoms with Gasteiger partial charge in [-0.05, 0) is 55.2 Å². The molecule has 0 amide bonds. The van der Waals surface area contributed by atoms with Crippen molar-refractivity contribution in [3.05, 3.63) is 40.7 Å².